The van der Waals surface area contributed by atoms with Crippen LogP contribution in [-0.2, 0) is 0 Å². The number of fused-ring (bicyclic) bond motifs is 6. The quantitative estimate of drug-likeness (QED) is 0.228. The van der Waals surface area contributed by atoms with E-state index >= 15 is 0 Å². The molecule has 182 valence electrons. The van der Waals surface area contributed by atoms with Crippen LogP contribution in [0.1, 0.15) is 0 Å². The lowest BCUT2D eigenvalue weighted by atomic mass is 9.94. The number of imidazole rings is 1. The van der Waals surface area contributed by atoms with Gasteiger partial charge in [0.05, 0.1) is 16.9 Å². The van der Waals surface area contributed by atoms with Crippen LogP contribution in [0.5, 0.6) is 0 Å². The van der Waals surface area contributed by atoms with Crippen molar-refractivity contribution in [1.82, 2.24) is 14.4 Å². The molecule has 0 amide bonds. The van der Waals surface area contributed by atoms with Crippen LogP contribution in [0, 0.1) is 0 Å². The highest BCUT2D eigenvalue weighted by molar-refractivity contribution is 6.22. The number of rotatable bonds is 3. The lowest BCUT2D eigenvalue weighted by Gasteiger charge is -2.13. The molecule has 3 aromatic heterocycles. The topological polar surface area (TPSA) is 30.2 Å². The molecule has 0 fully saturated rings. The molecule has 0 aliphatic carbocycles. The Morgan fingerprint density at radius 2 is 1.21 bits per heavy atom. The summed E-state index contributed by atoms with van der Waals surface area (Å²) >= 11 is 0. The third kappa shape index (κ3) is 3.59. The molecule has 0 spiro atoms. The van der Waals surface area contributed by atoms with E-state index in [1.807, 2.05) is 24.4 Å². The number of hydrogen-bond donors (Lipinski definition) is 0. The molecular formula is C36H23N3. The van der Waals surface area contributed by atoms with Gasteiger partial charge >= 0.3 is 0 Å². The summed E-state index contributed by atoms with van der Waals surface area (Å²) in [4.78, 5) is 10.0. The van der Waals surface area contributed by atoms with Crippen molar-refractivity contribution in [2.45, 2.75) is 0 Å². The van der Waals surface area contributed by atoms with E-state index in [2.05, 4.69) is 120 Å². The molecule has 0 aliphatic heterocycles. The Labute approximate surface area is 225 Å². The Kier molecular flexibility index (Phi) is 4.82. The van der Waals surface area contributed by atoms with Crippen molar-refractivity contribution in [3.63, 3.8) is 0 Å². The van der Waals surface area contributed by atoms with Gasteiger partial charge in [0.15, 0.2) is 0 Å². The first-order valence-electron chi connectivity index (χ1n) is 13.2. The highest BCUT2D eigenvalue weighted by Gasteiger charge is 2.14. The Balaban J connectivity index is 1.30. The molecule has 0 saturated carbocycles. The van der Waals surface area contributed by atoms with E-state index in [0.29, 0.717) is 0 Å². The first-order valence-corrected chi connectivity index (χ1v) is 13.2. The summed E-state index contributed by atoms with van der Waals surface area (Å²) in [6.07, 6.45) is 4.11. The minimum absolute atomic E-state index is 0.946. The second kappa shape index (κ2) is 8.64. The molecule has 8 aromatic rings. The summed E-state index contributed by atoms with van der Waals surface area (Å²) < 4.78 is 2.06. The third-order valence-corrected chi connectivity index (χ3v) is 7.58. The summed E-state index contributed by atoms with van der Waals surface area (Å²) in [5, 5.41) is 6.11. The molecule has 3 nitrogen and oxygen atoms in total. The van der Waals surface area contributed by atoms with Crippen molar-refractivity contribution in [2.24, 2.45) is 0 Å². The average molecular weight is 498 g/mol. The summed E-state index contributed by atoms with van der Waals surface area (Å²) in [6, 6.07) is 44.9. The summed E-state index contributed by atoms with van der Waals surface area (Å²) in [5.41, 5.74) is 8.45. The zero-order chi connectivity index (χ0) is 25.8. The van der Waals surface area contributed by atoms with Crippen LogP contribution >= 0.6 is 0 Å². The van der Waals surface area contributed by atoms with Crippen molar-refractivity contribution in [3.05, 3.63) is 140 Å². The number of benzene rings is 5. The lowest BCUT2D eigenvalue weighted by Crippen LogP contribution is -1.91. The van der Waals surface area contributed by atoms with Gasteiger partial charge in [-0.1, -0.05) is 97.1 Å². The van der Waals surface area contributed by atoms with Gasteiger partial charge in [0, 0.05) is 39.7 Å². The van der Waals surface area contributed by atoms with Gasteiger partial charge in [-0.3, -0.25) is 0 Å². The molecular weight excluding hydrogens is 474 g/mol. The minimum Gasteiger partial charge on any atom is -0.306 e. The molecule has 5 aromatic carbocycles. The molecule has 0 unspecified atom stereocenters. The van der Waals surface area contributed by atoms with Gasteiger partial charge in [-0.25, -0.2) is 9.97 Å². The van der Waals surface area contributed by atoms with Crippen molar-refractivity contribution in [2.75, 3.05) is 0 Å². The maximum Gasteiger partial charge on any atom is 0.137 e. The van der Waals surface area contributed by atoms with Crippen LogP contribution in [0.2, 0.25) is 0 Å². The molecule has 3 heterocycles. The van der Waals surface area contributed by atoms with Gasteiger partial charge in [-0.15, -0.1) is 0 Å². The van der Waals surface area contributed by atoms with E-state index in [4.69, 9.17) is 9.97 Å². The predicted octanol–water partition coefficient (Wildman–Crippen LogP) is 9.19. The second-order valence-electron chi connectivity index (χ2n) is 9.94. The Morgan fingerprint density at radius 3 is 2.08 bits per heavy atom. The van der Waals surface area contributed by atoms with Gasteiger partial charge in [-0.05, 0) is 52.2 Å². The van der Waals surface area contributed by atoms with Crippen LogP contribution in [0.4, 0.5) is 0 Å². The number of pyridine rings is 2. The van der Waals surface area contributed by atoms with Crippen LogP contribution < -0.4 is 0 Å². The highest BCUT2D eigenvalue weighted by atomic mass is 15.0. The normalized spacial score (nSPS) is 11.6. The standard InChI is InChI=1S/C36H23N3/c1-2-14-29-24(9-1)18-19-31-35(29)30-15-3-4-16-32(30)38-36(31)28-13-8-11-26(22-28)25-10-7-12-27(21-25)33-23-39-20-6-5-17-34(39)37-33/h1-23H. The Morgan fingerprint density at radius 1 is 0.487 bits per heavy atom. The van der Waals surface area contributed by atoms with Crippen molar-refractivity contribution in [1.29, 1.82) is 0 Å². The largest absolute Gasteiger partial charge is 0.306 e. The zero-order valence-electron chi connectivity index (χ0n) is 21.1. The van der Waals surface area contributed by atoms with E-state index in [9.17, 15) is 0 Å². The first kappa shape index (κ1) is 21.8. The number of hydrogen-bond acceptors (Lipinski definition) is 2. The van der Waals surface area contributed by atoms with E-state index in [1.165, 1.54) is 26.9 Å². The summed E-state index contributed by atoms with van der Waals surface area (Å²) in [7, 11) is 0. The zero-order valence-corrected chi connectivity index (χ0v) is 21.1. The van der Waals surface area contributed by atoms with E-state index in [-0.39, 0.29) is 0 Å². The lowest BCUT2D eigenvalue weighted by molar-refractivity contribution is 1.19. The van der Waals surface area contributed by atoms with Crippen molar-refractivity contribution >= 4 is 38.1 Å². The maximum atomic E-state index is 5.19. The Bertz CT molecular complexity index is 2140. The molecule has 0 aliphatic rings. The molecule has 0 saturated heterocycles. The number of para-hydroxylation sites is 1. The molecule has 0 atom stereocenters. The molecule has 0 bridgehead atoms. The molecule has 0 N–H and O–H groups in total. The van der Waals surface area contributed by atoms with Crippen LogP contribution in [-0.4, -0.2) is 14.4 Å². The highest BCUT2D eigenvalue weighted by Crippen LogP contribution is 2.38. The van der Waals surface area contributed by atoms with Gasteiger partial charge in [0.2, 0.25) is 0 Å². The van der Waals surface area contributed by atoms with Gasteiger partial charge < -0.3 is 4.40 Å². The van der Waals surface area contributed by atoms with Crippen LogP contribution in [0.3, 0.4) is 0 Å². The summed E-state index contributed by atoms with van der Waals surface area (Å²) in [5.74, 6) is 0. The third-order valence-electron chi connectivity index (χ3n) is 7.58. The Hall–Kier alpha value is -5.28. The maximum absolute atomic E-state index is 5.19. The van der Waals surface area contributed by atoms with E-state index in [0.717, 1.165) is 44.8 Å². The SMILES string of the molecule is c1cc(-c2cccc(-c3nc4ccccc4c4c3ccc3ccccc34)c2)cc(-c2cn3ccccc3n2)c1. The average Bonchev–Trinajstić information content (AvgIpc) is 3.45. The molecule has 0 radical (unpaired) electrons. The number of nitrogens with zero attached hydrogens (tertiary/aromatic N) is 3. The number of aromatic nitrogens is 3. The minimum atomic E-state index is 0.946. The van der Waals surface area contributed by atoms with Crippen molar-refractivity contribution in [3.8, 4) is 33.6 Å². The van der Waals surface area contributed by atoms with Gasteiger partial charge in [0.25, 0.3) is 0 Å². The molecule has 3 heteroatoms. The summed E-state index contributed by atoms with van der Waals surface area (Å²) in [6.45, 7) is 0. The van der Waals surface area contributed by atoms with Gasteiger partial charge in [-0.2, -0.15) is 0 Å². The fourth-order valence-corrected chi connectivity index (χ4v) is 5.72. The van der Waals surface area contributed by atoms with Crippen LogP contribution in [0.25, 0.3) is 71.7 Å². The fourth-order valence-electron chi connectivity index (χ4n) is 5.72. The first-order chi connectivity index (χ1) is 19.3. The van der Waals surface area contributed by atoms with E-state index in [1.54, 1.807) is 0 Å². The monoisotopic (exact) mass is 497 g/mol. The molecule has 39 heavy (non-hydrogen) atoms. The predicted molar refractivity (Wildman–Crippen MR) is 162 cm³/mol. The fraction of sp³-hybridized carbons (Fsp3) is 0. The van der Waals surface area contributed by atoms with E-state index < -0.39 is 0 Å². The van der Waals surface area contributed by atoms with Crippen molar-refractivity contribution < 1.29 is 0 Å². The second-order valence-corrected chi connectivity index (χ2v) is 9.94. The van der Waals surface area contributed by atoms with Gasteiger partial charge in [0.1, 0.15) is 5.65 Å². The molecule has 8 rings (SSSR count). The smallest absolute Gasteiger partial charge is 0.137 e. The van der Waals surface area contributed by atoms with Crippen LogP contribution in [0.15, 0.2) is 140 Å².